The van der Waals surface area contributed by atoms with Crippen molar-refractivity contribution in [3.8, 4) is 0 Å². The van der Waals surface area contributed by atoms with Crippen LogP contribution < -0.4 is 0 Å². The summed E-state index contributed by atoms with van der Waals surface area (Å²) in [6, 6.07) is 15.5. The highest BCUT2D eigenvalue weighted by Crippen LogP contribution is 2.28. The molecule has 0 aromatic heterocycles. The first-order valence-electron chi connectivity index (χ1n) is 9.65. The van der Waals surface area contributed by atoms with Gasteiger partial charge in [-0.2, -0.15) is 0 Å². The van der Waals surface area contributed by atoms with Crippen molar-refractivity contribution in [2.45, 2.75) is 50.7 Å². The van der Waals surface area contributed by atoms with Crippen molar-refractivity contribution in [2.24, 2.45) is 0 Å². The van der Waals surface area contributed by atoms with Crippen LogP contribution in [0.25, 0.3) is 10.8 Å². The smallest absolute Gasteiger partial charge is 0.148 e. The Labute approximate surface area is 150 Å². The summed E-state index contributed by atoms with van der Waals surface area (Å²) < 4.78 is 6.34. The number of likely N-dealkylation sites (tertiary alicyclic amines) is 1. The quantitative estimate of drug-likeness (QED) is 0.826. The van der Waals surface area contributed by atoms with Crippen molar-refractivity contribution in [1.29, 1.82) is 0 Å². The minimum absolute atomic E-state index is 0.287. The van der Waals surface area contributed by atoms with E-state index in [-0.39, 0.29) is 6.10 Å². The molecule has 1 aliphatic carbocycles. The fourth-order valence-electron chi connectivity index (χ4n) is 4.46. The van der Waals surface area contributed by atoms with Crippen molar-refractivity contribution in [3.05, 3.63) is 48.0 Å². The van der Waals surface area contributed by atoms with Crippen LogP contribution in [0.3, 0.4) is 0 Å². The number of hydrogen-bond acceptors (Lipinski definition) is 3. The molecule has 0 bridgehead atoms. The summed E-state index contributed by atoms with van der Waals surface area (Å²) in [6.07, 6.45) is 6.77. The van der Waals surface area contributed by atoms with E-state index in [0.717, 1.165) is 32.4 Å². The first kappa shape index (κ1) is 16.7. The Balaban J connectivity index is 1.38. The van der Waals surface area contributed by atoms with Gasteiger partial charge in [-0.15, -0.1) is 0 Å². The number of carbonyl (C=O) groups is 1. The molecule has 4 rings (SSSR count). The first-order valence-corrected chi connectivity index (χ1v) is 9.65. The van der Waals surface area contributed by atoms with Gasteiger partial charge in [0.2, 0.25) is 0 Å². The van der Waals surface area contributed by atoms with Crippen LogP contribution in [0.2, 0.25) is 0 Å². The number of nitrogens with zero attached hydrogens (tertiary/aromatic N) is 1. The van der Waals surface area contributed by atoms with E-state index in [1.807, 2.05) is 0 Å². The van der Waals surface area contributed by atoms with Crippen LogP contribution in [0.15, 0.2) is 42.5 Å². The van der Waals surface area contributed by atoms with Crippen molar-refractivity contribution in [2.75, 3.05) is 19.7 Å². The zero-order chi connectivity index (χ0) is 17.1. The van der Waals surface area contributed by atoms with Gasteiger partial charge in [0.05, 0.1) is 19.3 Å². The SMILES string of the molecule is O=C1CCN(C2CCCC[C@@H]2OCCc2cccc3ccccc23)C1. The molecule has 1 unspecified atom stereocenters. The van der Waals surface area contributed by atoms with Crippen molar-refractivity contribution < 1.29 is 9.53 Å². The Hall–Kier alpha value is -1.71. The molecule has 0 amide bonds. The number of ether oxygens (including phenoxy) is 1. The van der Waals surface area contributed by atoms with Crippen LogP contribution in [0.1, 0.15) is 37.7 Å². The Kier molecular flexibility index (Phi) is 5.14. The lowest BCUT2D eigenvalue weighted by atomic mass is 9.91. The van der Waals surface area contributed by atoms with E-state index < -0.39 is 0 Å². The Morgan fingerprint density at radius 1 is 1.04 bits per heavy atom. The zero-order valence-corrected chi connectivity index (χ0v) is 14.8. The lowest BCUT2D eigenvalue weighted by Gasteiger charge is -2.37. The van der Waals surface area contributed by atoms with E-state index in [9.17, 15) is 4.79 Å². The van der Waals surface area contributed by atoms with E-state index in [2.05, 4.69) is 47.4 Å². The van der Waals surface area contributed by atoms with Crippen LogP contribution in [-0.4, -0.2) is 42.5 Å². The third-order valence-corrected chi connectivity index (χ3v) is 5.78. The third kappa shape index (κ3) is 3.78. The monoisotopic (exact) mass is 337 g/mol. The standard InChI is InChI=1S/C22H27NO2/c24-19-12-14-23(16-19)21-10-3-4-11-22(21)25-15-13-18-8-5-7-17-6-1-2-9-20(17)18/h1-2,5-9,21-22H,3-4,10-16H2/t21?,22-/m0/s1. The van der Waals surface area contributed by atoms with Gasteiger partial charge in [-0.3, -0.25) is 9.69 Å². The molecular formula is C22H27NO2. The summed E-state index contributed by atoms with van der Waals surface area (Å²) in [5.74, 6) is 0.389. The van der Waals surface area contributed by atoms with Gasteiger partial charge in [-0.05, 0) is 35.6 Å². The summed E-state index contributed by atoms with van der Waals surface area (Å²) in [5, 5.41) is 2.63. The Bertz CT molecular complexity index is 736. The van der Waals surface area contributed by atoms with Crippen LogP contribution >= 0.6 is 0 Å². The van der Waals surface area contributed by atoms with Crippen molar-refractivity contribution >= 4 is 16.6 Å². The molecule has 132 valence electrons. The molecule has 0 radical (unpaired) electrons. The fourth-order valence-corrected chi connectivity index (χ4v) is 4.46. The molecule has 1 saturated heterocycles. The molecule has 3 heteroatoms. The molecule has 1 heterocycles. The third-order valence-electron chi connectivity index (χ3n) is 5.78. The average molecular weight is 337 g/mol. The molecule has 0 spiro atoms. The fraction of sp³-hybridized carbons (Fsp3) is 0.500. The van der Waals surface area contributed by atoms with Crippen molar-refractivity contribution in [3.63, 3.8) is 0 Å². The number of rotatable bonds is 5. The second kappa shape index (κ2) is 7.67. The molecule has 2 aromatic rings. The minimum atomic E-state index is 0.287. The molecule has 2 fully saturated rings. The van der Waals surface area contributed by atoms with Crippen LogP contribution in [0.4, 0.5) is 0 Å². The number of hydrogen-bond donors (Lipinski definition) is 0. The number of carbonyl (C=O) groups excluding carboxylic acids is 1. The highest BCUT2D eigenvalue weighted by Gasteiger charge is 2.34. The van der Waals surface area contributed by atoms with E-state index in [1.54, 1.807) is 0 Å². The van der Waals surface area contributed by atoms with Crippen LogP contribution in [-0.2, 0) is 16.0 Å². The van der Waals surface area contributed by atoms with Crippen LogP contribution in [0, 0.1) is 0 Å². The van der Waals surface area contributed by atoms with Gasteiger partial charge in [0.25, 0.3) is 0 Å². The Morgan fingerprint density at radius 3 is 2.76 bits per heavy atom. The maximum absolute atomic E-state index is 11.6. The first-order chi connectivity index (χ1) is 12.3. The highest BCUT2D eigenvalue weighted by atomic mass is 16.5. The summed E-state index contributed by atoms with van der Waals surface area (Å²) in [6.45, 7) is 2.32. The molecular weight excluding hydrogens is 310 g/mol. The lowest BCUT2D eigenvalue weighted by Crippen LogP contribution is -2.45. The van der Waals surface area contributed by atoms with Gasteiger partial charge in [0, 0.05) is 19.0 Å². The number of fused-ring (bicyclic) bond motifs is 1. The zero-order valence-electron chi connectivity index (χ0n) is 14.8. The number of Topliss-reactive ketones (excluding diaryl/α,β-unsaturated/α-hetero) is 1. The molecule has 1 saturated carbocycles. The minimum Gasteiger partial charge on any atom is -0.376 e. The molecule has 2 aliphatic rings. The average Bonchev–Trinajstić information content (AvgIpc) is 3.08. The summed E-state index contributed by atoms with van der Waals surface area (Å²) in [7, 11) is 0. The maximum atomic E-state index is 11.6. The second-order valence-corrected chi connectivity index (χ2v) is 7.41. The predicted octanol–water partition coefficient (Wildman–Crippen LogP) is 3.98. The van der Waals surface area contributed by atoms with Gasteiger partial charge >= 0.3 is 0 Å². The van der Waals surface area contributed by atoms with E-state index in [1.165, 1.54) is 35.6 Å². The van der Waals surface area contributed by atoms with Crippen LogP contribution in [0.5, 0.6) is 0 Å². The Morgan fingerprint density at radius 2 is 1.88 bits per heavy atom. The largest absolute Gasteiger partial charge is 0.376 e. The molecule has 25 heavy (non-hydrogen) atoms. The van der Waals surface area contributed by atoms with Gasteiger partial charge in [-0.25, -0.2) is 0 Å². The van der Waals surface area contributed by atoms with E-state index in [0.29, 0.717) is 18.4 Å². The van der Waals surface area contributed by atoms with Crippen molar-refractivity contribution in [1.82, 2.24) is 4.90 Å². The van der Waals surface area contributed by atoms with Gasteiger partial charge in [0.1, 0.15) is 5.78 Å². The summed E-state index contributed by atoms with van der Waals surface area (Å²) in [5.41, 5.74) is 1.36. The van der Waals surface area contributed by atoms with Gasteiger partial charge in [0.15, 0.2) is 0 Å². The number of benzene rings is 2. The molecule has 1 aliphatic heterocycles. The lowest BCUT2D eigenvalue weighted by molar-refractivity contribution is -0.117. The maximum Gasteiger partial charge on any atom is 0.148 e. The predicted molar refractivity (Wildman–Crippen MR) is 101 cm³/mol. The molecule has 2 atom stereocenters. The molecule has 2 aromatic carbocycles. The van der Waals surface area contributed by atoms with Gasteiger partial charge < -0.3 is 4.74 Å². The molecule has 3 nitrogen and oxygen atoms in total. The summed E-state index contributed by atoms with van der Waals surface area (Å²) in [4.78, 5) is 14.0. The summed E-state index contributed by atoms with van der Waals surface area (Å²) >= 11 is 0. The highest BCUT2D eigenvalue weighted by molar-refractivity contribution is 5.85. The topological polar surface area (TPSA) is 29.5 Å². The van der Waals surface area contributed by atoms with E-state index >= 15 is 0 Å². The number of ketones is 1. The van der Waals surface area contributed by atoms with Gasteiger partial charge in [-0.1, -0.05) is 55.3 Å². The second-order valence-electron chi connectivity index (χ2n) is 7.41. The molecule has 0 N–H and O–H groups in total. The van der Waals surface area contributed by atoms with E-state index in [4.69, 9.17) is 4.74 Å². The normalized spacial score (nSPS) is 24.9.